The summed E-state index contributed by atoms with van der Waals surface area (Å²) in [5.74, 6) is -3.99. The lowest BCUT2D eigenvalue weighted by Gasteiger charge is -2.19. The predicted molar refractivity (Wildman–Crippen MR) is 81.4 cm³/mol. The Hall–Kier alpha value is -2.80. The third kappa shape index (κ3) is 2.25. The van der Waals surface area contributed by atoms with Crippen molar-refractivity contribution in [3.8, 4) is 0 Å². The third-order valence-corrected chi connectivity index (χ3v) is 4.07. The van der Waals surface area contributed by atoms with Crippen molar-refractivity contribution in [1.29, 1.82) is 0 Å². The van der Waals surface area contributed by atoms with Crippen LogP contribution in [0.4, 0.5) is 0 Å². The van der Waals surface area contributed by atoms with E-state index in [9.17, 15) is 19.2 Å². The molecule has 2 aromatic carbocycles. The molecule has 0 fully saturated rings. The molecule has 0 saturated heterocycles. The molecule has 0 amide bonds. The molecular weight excluding hydrogens is 368 g/mol. The molecule has 7 heteroatoms. The Labute approximate surface area is 137 Å². The van der Waals surface area contributed by atoms with Crippen LogP contribution in [-0.4, -0.2) is 33.7 Å². The average molecular weight is 375 g/mol. The van der Waals surface area contributed by atoms with E-state index in [0.29, 0.717) is 4.47 Å². The molecule has 0 bridgehead atoms. The molecule has 0 spiro atoms. The van der Waals surface area contributed by atoms with Crippen LogP contribution in [0.2, 0.25) is 0 Å². The predicted octanol–water partition coefficient (Wildman–Crippen LogP) is 2.62. The molecule has 0 saturated carbocycles. The zero-order chi connectivity index (χ0) is 16.9. The Bertz CT molecular complexity index is 928. The van der Waals surface area contributed by atoms with Crippen LogP contribution in [0.1, 0.15) is 52.6 Å². The summed E-state index contributed by atoms with van der Waals surface area (Å²) in [7, 11) is 0. The summed E-state index contributed by atoms with van der Waals surface area (Å²) >= 11 is 3.21. The van der Waals surface area contributed by atoms with Crippen LogP contribution in [-0.2, 0) is 0 Å². The van der Waals surface area contributed by atoms with Gasteiger partial charge in [0.1, 0.15) is 0 Å². The highest BCUT2D eigenvalue weighted by Gasteiger charge is 2.32. The second-order valence-electron chi connectivity index (χ2n) is 4.90. The summed E-state index contributed by atoms with van der Waals surface area (Å²) in [4.78, 5) is 47.5. The molecule has 1 aliphatic carbocycles. The summed E-state index contributed by atoms with van der Waals surface area (Å²) in [5.41, 5.74) is -0.967. The number of carbonyl (C=O) groups is 4. The van der Waals surface area contributed by atoms with Gasteiger partial charge in [-0.2, -0.15) is 0 Å². The fourth-order valence-corrected chi connectivity index (χ4v) is 2.88. The minimum atomic E-state index is -1.48. The summed E-state index contributed by atoms with van der Waals surface area (Å²) in [6, 6.07) is 6.44. The monoisotopic (exact) mass is 374 g/mol. The van der Waals surface area contributed by atoms with E-state index in [2.05, 4.69) is 15.9 Å². The second-order valence-corrected chi connectivity index (χ2v) is 5.82. The number of carbonyl (C=O) groups excluding carboxylic acids is 2. The van der Waals surface area contributed by atoms with E-state index in [-0.39, 0.29) is 22.3 Å². The van der Waals surface area contributed by atoms with Gasteiger partial charge in [0.15, 0.2) is 11.6 Å². The highest BCUT2D eigenvalue weighted by atomic mass is 79.9. The summed E-state index contributed by atoms with van der Waals surface area (Å²) < 4.78 is 0.599. The largest absolute Gasteiger partial charge is 0.478 e. The maximum absolute atomic E-state index is 12.5. The van der Waals surface area contributed by atoms with Crippen LogP contribution in [0.5, 0.6) is 0 Å². The zero-order valence-corrected chi connectivity index (χ0v) is 12.9. The number of ketones is 2. The van der Waals surface area contributed by atoms with Crippen molar-refractivity contribution >= 4 is 39.4 Å². The molecule has 0 unspecified atom stereocenters. The number of benzene rings is 2. The molecule has 0 heterocycles. The number of aromatic carboxylic acids is 2. The van der Waals surface area contributed by atoms with Crippen LogP contribution in [0, 0.1) is 0 Å². The minimum absolute atomic E-state index is 0.104. The minimum Gasteiger partial charge on any atom is -0.478 e. The SMILES string of the molecule is O=C(O)c1cc2c(cc1C(=O)O)C(=O)c1cc(Br)ccc1C2=O. The molecule has 0 aromatic heterocycles. The average Bonchev–Trinajstić information content (AvgIpc) is 2.51. The number of fused-ring (bicyclic) bond motifs is 2. The first kappa shape index (κ1) is 15.1. The molecule has 114 valence electrons. The van der Waals surface area contributed by atoms with E-state index < -0.39 is 34.6 Å². The normalized spacial score (nSPS) is 12.6. The van der Waals surface area contributed by atoms with E-state index >= 15 is 0 Å². The maximum Gasteiger partial charge on any atom is 0.336 e. The van der Waals surface area contributed by atoms with E-state index in [1.165, 1.54) is 12.1 Å². The molecular formula is C16H7BrO6. The van der Waals surface area contributed by atoms with E-state index in [4.69, 9.17) is 10.2 Å². The Morgan fingerprint density at radius 2 is 1.17 bits per heavy atom. The molecule has 1 aliphatic rings. The number of carboxylic acids is 2. The van der Waals surface area contributed by atoms with Crippen LogP contribution >= 0.6 is 15.9 Å². The maximum atomic E-state index is 12.5. The lowest BCUT2D eigenvalue weighted by Crippen LogP contribution is -2.23. The van der Waals surface area contributed by atoms with Gasteiger partial charge in [0, 0.05) is 26.7 Å². The quantitative estimate of drug-likeness (QED) is 0.713. The Morgan fingerprint density at radius 1 is 0.739 bits per heavy atom. The fourth-order valence-electron chi connectivity index (χ4n) is 2.52. The molecule has 3 rings (SSSR count). The highest BCUT2D eigenvalue weighted by Crippen LogP contribution is 2.31. The van der Waals surface area contributed by atoms with Gasteiger partial charge in [0.25, 0.3) is 0 Å². The van der Waals surface area contributed by atoms with Crippen molar-refractivity contribution in [2.75, 3.05) is 0 Å². The topological polar surface area (TPSA) is 109 Å². The first-order chi connectivity index (χ1) is 10.8. The number of carboxylic acid groups (broad SMARTS) is 2. The van der Waals surface area contributed by atoms with Gasteiger partial charge < -0.3 is 10.2 Å². The Kier molecular flexibility index (Phi) is 3.37. The number of halogens is 1. The molecule has 0 radical (unpaired) electrons. The fraction of sp³-hybridized carbons (Fsp3) is 0. The van der Waals surface area contributed by atoms with Crippen molar-refractivity contribution in [2.45, 2.75) is 0 Å². The second kappa shape index (κ2) is 5.13. The van der Waals surface area contributed by atoms with Crippen molar-refractivity contribution in [2.24, 2.45) is 0 Å². The van der Waals surface area contributed by atoms with E-state index in [0.717, 1.165) is 12.1 Å². The van der Waals surface area contributed by atoms with Gasteiger partial charge in [0.2, 0.25) is 0 Å². The van der Waals surface area contributed by atoms with Crippen LogP contribution in [0.25, 0.3) is 0 Å². The molecule has 0 atom stereocenters. The summed E-state index contributed by atoms with van der Waals surface area (Å²) in [5, 5.41) is 18.3. The van der Waals surface area contributed by atoms with Gasteiger partial charge in [-0.15, -0.1) is 0 Å². The number of hydrogen-bond acceptors (Lipinski definition) is 4. The van der Waals surface area contributed by atoms with E-state index in [1.54, 1.807) is 6.07 Å². The Morgan fingerprint density at radius 3 is 1.65 bits per heavy atom. The van der Waals surface area contributed by atoms with Crippen LogP contribution in [0.3, 0.4) is 0 Å². The number of hydrogen-bond donors (Lipinski definition) is 2. The third-order valence-electron chi connectivity index (χ3n) is 3.58. The van der Waals surface area contributed by atoms with Gasteiger partial charge in [0.05, 0.1) is 11.1 Å². The van der Waals surface area contributed by atoms with E-state index in [1.807, 2.05) is 0 Å². The molecule has 0 aliphatic heterocycles. The summed E-state index contributed by atoms with van der Waals surface area (Å²) in [6.07, 6.45) is 0. The standard InChI is InChI=1S/C16H7BrO6/c17-6-1-2-7-8(3-6)14(19)10-5-12(16(22)23)11(15(20)21)4-9(10)13(7)18/h1-5H,(H,20,21)(H,22,23). The van der Waals surface area contributed by atoms with Gasteiger partial charge >= 0.3 is 11.9 Å². The first-order valence-electron chi connectivity index (χ1n) is 6.35. The van der Waals surface area contributed by atoms with Crippen molar-refractivity contribution < 1.29 is 29.4 Å². The molecule has 23 heavy (non-hydrogen) atoms. The van der Waals surface area contributed by atoms with Crippen molar-refractivity contribution in [1.82, 2.24) is 0 Å². The molecule has 6 nitrogen and oxygen atoms in total. The Balaban J connectivity index is 2.33. The van der Waals surface area contributed by atoms with Gasteiger partial charge in [-0.3, -0.25) is 9.59 Å². The smallest absolute Gasteiger partial charge is 0.336 e. The molecule has 2 N–H and O–H groups in total. The molecule has 2 aromatic rings. The van der Waals surface area contributed by atoms with Crippen LogP contribution in [0.15, 0.2) is 34.8 Å². The summed E-state index contributed by atoms with van der Waals surface area (Å²) in [6.45, 7) is 0. The first-order valence-corrected chi connectivity index (χ1v) is 7.14. The van der Waals surface area contributed by atoms with Gasteiger partial charge in [-0.05, 0) is 30.3 Å². The van der Waals surface area contributed by atoms with Crippen LogP contribution < -0.4 is 0 Å². The zero-order valence-electron chi connectivity index (χ0n) is 11.3. The highest BCUT2D eigenvalue weighted by molar-refractivity contribution is 9.10. The van der Waals surface area contributed by atoms with Gasteiger partial charge in [-0.1, -0.05) is 15.9 Å². The van der Waals surface area contributed by atoms with Crippen molar-refractivity contribution in [3.63, 3.8) is 0 Å². The number of rotatable bonds is 2. The lowest BCUT2D eigenvalue weighted by atomic mass is 9.82. The van der Waals surface area contributed by atoms with Crippen molar-refractivity contribution in [3.05, 3.63) is 68.2 Å². The van der Waals surface area contributed by atoms with Gasteiger partial charge in [-0.25, -0.2) is 9.59 Å². The lowest BCUT2D eigenvalue weighted by molar-refractivity contribution is 0.0651.